The molecule has 0 saturated heterocycles. The summed E-state index contributed by atoms with van der Waals surface area (Å²) < 4.78 is 16.3. The van der Waals surface area contributed by atoms with Gasteiger partial charge in [0.15, 0.2) is 6.61 Å². The van der Waals surface area contributed by atoms with E-state index in [1.165, 1.54) is 0 Å². The molecule has 0 spiro atoms. The molecule has 0 aliphatic rings. The molecule has 0 fully saturated rings. The molecular formula is C22H27BO4S. The minimum Gasteiger partial charge on any atom is -0.493 e. The van der Waals surface area contributed by atoms with Crippen LogP contribution in [0.1, 0.15) is 31.9 Å². The zero-order valence-corrected chi connectivity index (χ0v) is 18.0. The van der Waals surface area contributed by atoms with Gasteiger partial charge in [0.1, 0.15) is 19.3 Å². The third-order valence-corrected chi connectivity index (χ3v) is 4.97. The highest BCUT2D eigenvalue weighted by Gasteiger charge is 2.11. The second kappa shape index (κ2) is 10.5. The van der Waals surface area contributed by atoms with E-state index in [-0.39, 0.29) is 12.6 Å². The number of benzene rings is 2. The Morgan fingerprint density at radius 2 is 1.82 bits per heavy atom. The fraction of sp³-hybridized carbons (Fsp3) is 0.409. The van der Waals surface area contributed by atoms with Gasteiger partial charge in [0, 0.05) is 9.79 Å². The molecular weight excluding hydrogens is 371 g/mol. The predicted molar refractivity (Wildman–Crippen MR) is 114 cm³/mol. The summed E-state index contributed by atoms with van der Waals surface area (Å²) in [6.45, 7) is 10.9. The Balaban J connectivity index is 2.14. The fourth-order valence-electron chi connectivity index (χ4n) is 2.49. The number of hydrogen-bond acceptors (Lipinski definition) is 5. The zero-order valence-electron chi connectivity index (χ0n) is 17.2. The average Bonchev–Trinajstić information content (AvgIpc) is 2.61. The summed E-state index contributed by atoms with van der Waals surface area (Å²) in [5, 5.41) is 0. The summed E-state index contributed by atoms with van der Waals surface area (Å²) in [5.41, 5.74) is 2.69. The van der Waals surface area contributed by atoms with Gasteiger partial charge >= 0.3 is 5.97 Å². The third kappa shape index (κ3) is 6.82. The second-order valence-electron chi connectivity index (χ2n) is 7.02. The molecule has 2 radical (unpaired) electrons. The van der Waals surface area contributed by atoms with E-state index in [9.17, 15) is 4.79 Å². The molecule has 0 unspecified atom stereocenters. The molecule has 0 atom stereocenters. The lowest BCUT2D eigenvalue weighted by atomic mass is 9.96. The number of esters is 1. The first kappa shape index (κ1) is 22.2. The lowest BCUT2D eigenvalue weighted by Gasteiger charge is -2.14. The van der Waals surface area contributed by atoms with Gasteiger partial charge in [-0.1, -0.05) is 37.1 Å². The van der Waals surface area contributed by atoms with Crippen molar-refractivity contribution in [1.29, 1.82) is 0 Å². The number of rotatable bonds is 9. The van der Waals surface area contributed by atoms with Crippen LogP contribution in [-0.4, -0.2) is 33.6 Å². The van der Waals surface area contributed by atoms with Gasteiger partial charge in [-0.3, -0.25) is 0 Å². The van der Waals surface area contributed by atoms with Crippen LogP contribution in [0, 0.1) is 19.8 Å². The Hall–Kier alpha value is -2.08. The largest absolute Gasteiger partial charge is 0.493 e. The summed E-state index contributed by atoms with van der Waals surface area (Å²) in [7, 11) is 6.05. The summed E-state index contributed by atoms with van der Waals surface area (Å²) in [5.74, 6) is 1.54. The van der Waals surface area contributed by atoms with Crippen molar-refractivity contribution in [3.8, 4) is 11.5 Å². The molecule has 0 N–H and O–H groups in total. The molecule has 28 heavy (non-hydrogen) atoms. The monoisotopic (exact) mass is 398 g/mol. The van der Waals surface area contributed by atoms with Crippen molar-refractivity contribution in [3.63, 3.8) is 0 Å². The molecule has 148 valence electrons. The van der Waals surface area contributed by atoms with E-state index >= 15 is 0 Å². The molecule has 0 heterocycles. The lowest BCUT2D eigenvalue weighted by molar-refractivity contribution is -0.145. The maximum absolute atomic E-state index is 11.5. The van der Waals surface area contributed by atoms with Crippen LogP contribution in [0.25, 0.3) is 0 Å². The van der Waals surface area contributed by atoms with Crippen LogP contribution in [-0.2, 0) is 9.53 Å². The fourth-order valence-corrected chi connectivity index (χ4v) is 3.57. The summed E-state index contributed by atoms with van der Waals surface area (Å²) in [6, 6.07) is 9.78. The van der Waals surface area contributed by atoms with E-state index in [1.807, 2.05) is 38.1 Å². The highest BCUT2D eigenvalue weighted by atomic mass is 32.2. The summed E-state index contributed by atoms with van der Waals surface area (Å²) >= 11 is 1.63. The number of hydrogen-bond donors (Lipinski definition) is 0. The first-order chi connectivity index (χ1) is 13.3. The van der Waals surface area contributed by atoms with Gasteiger partial charge in [-0.25, -0.2) is 4.79 Å². The second-order valence-corrected chi connectivity index (χ2v) is 8.14. The quantitative estimate of drug-likeness (QED) is 0.467. The van der Waals surface area contributed by atoms with Gasteiger partial charge in [-0.2, -0.15) is 0 Å². The molecule has 0 aliphatic carbocycles. The molecule has 2 rings (SSSR count). The Morgan fingerprint density at radius 1 is 1.07 bits per heavy atom. The van der Waals surface area contributed by atoms with Gasteiger partial charge < -0.3 is 14.2 Å². The van der Waals surface area contributed by atoms with Crippen molar-refractivity contribution in [1.82, 2.24) is 0 Å². The van der Waals surface area contributed by atoms with Crippen LogP contribution in [0.5, 0.6) is 11.5 Å². The van der Waals surface area contributed by atoms with E-state index < -0.39 is 0 Å². The van der Waals surface area contributed by atoms with Gasteiger partial charge in [0.05, 0.1) is 13.2 Å². The van der Waals surface area contributed by atoms with Crippen molar-refractivity contribution in [3.05, 3.63) is 41.5 Å². The summed E-state index contributed by atoms with van der Waals surface area (Å²) in [4.78, 5) is 13.6. The van der Waals surface area contributed by atoms with Gasteiger partial charge in [0.2, 0.25) is 0 Å². The Kier molecular flexibility index (Phi) is 8.30. The van der Waals surface area contributed by atoms with Crippen molar-refractivity contribution in [2.24, 2.45) is 5.92 Å². The zero-order chi connectivity index (χ0) is 20.7. The topological polar surface area (TPSA) is 44.8 Å². The molecule has 2 aromatic carbocycles. The number of aryl methyl sites for hydroxylation is 2. The molecule has 0 bridgehead atoms. The van der Waals surface area contributed by atoms with Gasteiger partial charge in [-0.05, 0) is 62.1 Å². The maximum atomic E-state index is 11.5. The van der Waals surface area contributed by atoms with Gasteiger partial charge in [0.25, 0.3) is 0 Å². The smallest absolute Gasteiger partial charge is 0.344 e. The molecule has 2 aromatic rings. The van der Waals surface area contributed by atoms with E-state index in [1.54, 1.807) is 18.7 Å². The van der Waals surface area contributed by atoms with Crippen LogP contribution in [0.2, 0.25) is 0 Å². The van der Waals surface area contributed by atoms with Gasteiger partial charge in [-0.15, -0.1) is 0 Å². The minimum atomic E-state index is -0.369. The SMILES string of the molecule is [B]c1cc(OCC(C)C)cc(Sc2cc(C)c(OCC(=O)OCC)cc2C)c1. The summed E-state index contributed by atoms with van der Waals surface area (Å²) in [6.07, 6.45) is 0. The van der Waals surface area contributed by atoms with E-state index in [0.717, 1.165) is 26.7 Å². The Labute approximate surface area is 173 Å². The highest BCUT2D eigenvalue weighted by Crippen LogP contribution is 2.35. The molecule has 0 saturated carbocycles. The van der Waals surface area contributed by atoms with E-state index in [0.29, 0.717) is 30.3 Å². The van der Waals surface area contributed by atoms with Crippen LogP contribution in [0.4, 0.5) is 0 Å². The molecule has 0 aliphatic heterocycles. The molecule has 0 amide bonds. The third-order valence-electron chi connectivity index (χ3n) is 3.84. The minimum absolute atomic E-state index is 0.0909. The van der Waals surface area contributed by atoms with E-state index in [4.69, 9.17) is 22.1 Å². The molecule has 6 heteroatoms. The number of carbonyl (C=O) groups excluding carboxylic acids is 1. The molecule has 4 nitrogen and oxygen atoms in total. The highest BCUT2D eigenvalue weighted by molar-refractivity contribution is 7.99. The van der Waals surface area contributed by atoms with Crippen LogP contribution >= 0.6 is 11.8 Å². The van der Waals surface area contributed by atoms with Crippen molar-refractivity contribution >= 4 is 31.0 Å². The first-order valence-electron chi connectivity index (χ1n) is 9.39. The Bertz CT molecular complexity index is 820. The number of carbonyl (C=O) groups is 1. The number of ether oxygens (including phenoxy) is 3. The van der Waals surface area contributed by atoms with Crippen molar-refractivity contribution < 1.29 is 19.0 Å². The van der Waals surface area contributed by atoms with Crippen LogP contribution in [0.15, 0.2) is 40.1 Å². The van der Waals surface area contributed by atoms with Crippen molar-refractivity contribution in [2.45, 2.75) is 44.4 Å². The lowest BCUT2D eigenvalue weighted by Crippen LogP contribution is -2.15. The normalized spacial score (nSPS) is 10.8. The molecule has 0 aromatic heterocycles. The standard InChI is InChI=1S/C22H27BO4S/c1-6-25-22(24)13-27-20-7-16(5)21(8-15(20)4)28-19-10-17(23)9-18(11-19)26-12-14(2)3/h7-11,14H,6,12-13H2,1-5H3. The predicted octanol–water partition coefficient (Wildman–Crippen LogP) is 4.23. The van der Waals surface area contributed by atoms with Crippen LogP contribution in [0.3, 0.4) is 0 Å². The maximum Gasteiger partial charge on any atom is 0.344 e. The average molecular weight is 398 g/mol. The van der Waals surface area contributed by atoms with Crippen molar-refractivity contribution in [2.75, 3.05) is 19.8 Å². The Morgan fingerprint density at radius 3 is 2.50 bits per heavy atom. The van der Waals surface area contributed by atoms with E-state index in [2.05, 4.69) is 19.9 Å². The van der Waals surface area contributed by atoms with Crippen LogP contribution < -0.4 is 14.9 Å². The first-order valence-corrected chi connectivity index (χ1v) is 10.2.